The number of carbonyl (C=O) groups excluding carboxylic acids is 2. The van der Waals surface area contributed by atoms with Crippen LogP contribution in [0.4, 0.5) is 15.3 Å². The van der Waals surface area contributed by atoms with E-state index in [1.807, 2.05) is 87.5 Å². The molecule has 9 heteroatoms. The average Bonchev–Trinajstić information content (AvgIpc) is 2.99. The molecule has 0 radical (unpaired) electrons. The van der Waals surface area contributed by atoms with Crippen molar-refractivity contribution in [3.05, 3.63) is 108 Å². The third-order valence-electron chi connectivity index (χ3n) is 6.67. The van der Waals surface area contributed by atoms with Gasteiger partial charge in [-0.2, -0.15) is 0 Å². The summed E-state index contributed by atoms with van der Waals surface area (Å²) in [4.78, 5) is 38.2. The van der Waals surface area contributed by atoms with Gasteiger partial charge in [-0.3, -0.25) is 10.1 Å². The average molecular weight is 614 g/mol. The summed E-state index contributed by atoms with van der Waals surface area (Å²) < 4.78 is 11.3. The van der Waals surface area contributed by atoms with Crippen molar-refractivity contribution in [1.82, 2.24) is 9.80 Å². The molecule has 0 aliphatic carbocycles. The van der Waals surface area contributed by atoms with Gasteiger partial charge >= 0.3 is 12.2 Å². The molecule has 3 amide bonds. The van der Waals surface area contributed by atoms with Gasteiger partial charge in [-0.15, -0.1) is 0 Å². The summed E-state index contributed by atoms with van der Waals surface area (Å²) in [5.74, 6) is 0.397. The van der Waals surface area contributed by atoms with Gasteiger partial charge in [0.25, 0.3) is 0 Å². The van der Waals surface area contributed by atoms with Crippen molar-refractivity contribution in [2.24, 2.45) is 0 Å². The molecule has 0 spiro atoms. The maximum Gasteiger partial charge on any atom is 0.412 e. The highest BCUT2D eigenvalue weighted by molar-refractivity contribution is 5.99. The minimum atomic E-state index is -1.09. The van der Waals surface area contributed by atoms with Crippen LogP contribution in [0.25, 0.3) is 11.1 Å². The van der Waals surface area contributed by atoms with Crippen LogP contribution in [0, 0.1) is 0 Å². The Morgan fingerprint density at radius 1 is 0.867 bits per heavy atom. The number of rotatable bonds is 12. The number of benzene rings is 3. The Morgan fingerprint density at radius 2 is 1.47 bits per heavy atom. The lowest BCUT2D eigenvalue weighted by molar-refractivity contribution is -0.123. The van der Waals surface area contributed by atoms with E-state index >= 15 is 0 Å². The van der Waals surface area contributed by atoms with Crippen LogP contribution < -0.4 is 10.1 Å². The van der Waals surface area contributed by atoms with E-state index < -0.39 is 17.8 Å². The molecule has 3 aromatic carbocycles. The number of likely N-dealkylation sites (N-methyl/N-ethyl adjacent to an activating group) is 1. The fourth-order valence-electron chi connectivity index (χ4n) is 4.51. The van der Waals surface area contributed by atoms with Crippen molar-refractivity contribution in [2.75, 3.05) is 39.1 Å². The predicted molar refractivity (Wildman–Crippen MR) is 178 cm³/mol. The molecule has 0 heterocycles. The smallest absolute Gasteiger partial charge is 0.412 e. The first-order valence-electron chi connectivity index (χ1n) is 14.9. The maximum atomic E-state index is 12.3. The van der Waals surface area contributed by atoms with E-state index in [4.69, 9.17) is 9.47 Å². The van der Waals surface area contributed by atoms with Gasteiger partial charge in [0.15, 0.2) is 0 Å². The van der Waals surface area contributed by atoms with Crippen molar-refractivity contribution in [3.63, 3.8) is 0 Å². The fourth-order valence-corrected chi connectivity index (χ4v) is 4.51. The molecule has 3 aromatic rings. The predicted octanol–water partition coefficient (Wildman–Crippen LogP) is 7.41. The molecule has 0 saturated heterocycles. The van der Waals surface area contributed by atoms with E-state index in [0.29, 0.717) is 11.4 Å². The molecule has 3 rings (SSSR count). The number of allylic oxidation sites excluding steroid dienone is 1. The second-order valence-corrected chi connectivity index (χ2v) is 11.5. The van der Waals surface area contributed by atoms with E-state index in [1.54, 1.807) is 14.1 Å². The Bertz CT molecular complexity index is 1490. The quantitative estimate of drug-likeness (QED) is 0.163. The number of hydrogen-bond donors (Lipinski definition) is 2. The molecule has 0 fully saturated rings. The van der Waals surface area contributed by atoms with Crippen LogP contribution in [0.2, 0.25) is 0 Å². The van der Waals surface area contributed by atoms with Crippen LogP contribution in [-0.4, -0.2) is 72.4 Å². The van der Waals surface area contributed by atoms with E-state index in [9.17, 15) is 19.5 Å². The van der Waals surface area contributed by atoms with Gasteiger partial charge in [0.05, 0.1) is 6.54 Å². The number of nitrogens with zero attached hydrogens (tertiary/aromatic N) is 2. The summed E-state index contributed by atoms with van der Waals surface area (Å²) >= 11 is 0. The van der Waals surface area contributed by atoms with Crippen LogP contribution in [0.5, 0.6) is 5.75 Å². The zero-order chi connectivity index (χ0) is 33.0. The highest BCUT2D eigenvalue weighted by Crippen LogP contribution is 2.35. The number of ether oxygens (including phenoxy) is 2. The molecule has 0 bridgehead atoms. The zero-order valence-electron chi connectivity index (χ0n) is 26.9. The first kappa shape index (κ1) is 34.4. The standard InChI is InChI=1S/C36H43N3O6/c1-7-31(26-12-9-8-10-13-26)33(27-15-19-29(20-16-27)37-34(41)45-36(2,3)4)28-17-21-30(22-18-28)44-25-24-39(35(42)43)23-11-14-32(40)38(5)6/h8-22H,7,23-25H2,1-6H3,(H,37,41)(H,42,43)/b14-11+,33-31?. The second kappa shape index (κ2) is 16.1. The largest absolute Gasteiger partial charge is 0.492 e. The first-order chi connectivity index (χ1) is 21.4. The Kier molecular flexibility index (Phi) is 12.4. The highest BCUT2D eigenvalue weighted by Gasteiger charge is 2.17. The molecule has 0 atom stereocenters. The molecule has 45 heavy (non-hydrogen) atoms. The van der Waals surface area contributed by atoms with Crippen LogP contribution in [-0.2, 0) is 9.53 Å². The third kappa shape index (κ3) is 10.9. The van der Waals surface area contributed by atoms with Gasteiger partial charge in [0, 0.05) is 32.4 Å². The number of hydrogen-bond acceptors (Lipinski definition) is 5. The Morgan fingerprint density at radius 3 is 2.00 bits per heavy atom. The summed E-state index contributed by atoms with van der Waals surface area (Å²) in [7, 11) is 3.26. The molecular weight excluding hydrogens is 570 g/mol. The number of amides is 3. The van der Waals surface area contributed by atoms with E-state index in [-0.39, 0.29) is 25.6 Å². The summed E-state index contributed by atoms with van der Waals surface area (Å²) in [6.07, 6.45) is 2.06. The summed E-state index contributed by atoms with van der Waals surface area (Å²) in [6.45, 7) is 7.95. The van der Waals surface area contributed by atoms with Gasteiger partial charge < -0.3 is 24.4 Å². The topological polar surface area (TPSA) is 108 Å². The first-order valence-corrected chi connectivity index (χ1v) is 14.9. The Hall–Kier alpha value is -5.05. The lowest BCUT2D eigenvalue weighted by Gasteiger charge is -2.20. The Labute approximate surface area is 265 Å². The van der Waals surface area contributed by atoms with Crippen molar-refractivity contribution < 1.29 is 29.0 Å². The third-order valence-corrected chi connectivity index (χ3v) is 6.67. The fraction of sp³-hybridized carbons (Fsp3) is 0.306. The molecule has 0 aromatic heterocycles. The molecule has 0 aliphatic heterocycles. The minimum Gasteiger partial charge on any atom is -0.492 e. The van der Waals surface area contributed by atoms with E-state index in [2.05, 4.69) is 24.4 Å². The number of carboxylic acid groups (broad SMARTS) is 1. The molecular formula is C36H43N3O6. The SMILES string of the molecule is CCC(=C(c1ccc(NC(=O)OC(C)(C)C)cc1)c1ccc(OCCN(C/C=C/C(=O)N(C)C)C(=O)O)cc1)c1ccccc1. The molecule has 0 unspecified atom stereocenters. The van der Waals surface area contributed by atoms with Gasteiger partial charge in [0.2, 0.25) is 5.91 Å². The van der Waals surface area contributed by atoms with Crippen LogP contribution in [0.15, 0.2) is 91.0 Å². The van der Waals surface area contributed by atoms with Gasteiger partial charge in [-0.1, -0.05) is 67.6 Å². The summed E-state index contributed by atoms with van der Waals surface area (Å²) in [5.41, 5.74) is 5.33. The van der Waals surface area contributed by atoms with Gasteiger partial charge in [0.1, 0.15) is 18.0 Å². The molecule has 0 aliphatic rings. The molecule has 9 nitrogen and oxygen atoms in total. The van der Waals surface area contributed by atoms with Gasteiger partial charge in [-0.25, -0.2) is 9.59 Å². The number of nitrogens with one attached hydrogen (secondary N) is 1. The van der Waals surface area contributed by atoms with E-state index in [1.165, 1.54) is 22.0 Å². The van der Waals surface area contributed by atoms with Crippen molar-refractivity contribution in [1.29, 1.82) is 0 Å². The van der Waals surface area contributed by atoms with Crippen LogP contribution >= 0.6 is 0 Å². The molecule has 238 valence electrons. The highest BCUT2D eigenvalue weighted by atomic mass is 16.6. The molecule has 0 saturated carbocycles. The normalized spacial score (nSPS) is 11.9. The van der Waals surface area contributed by atoms with Crippen molar-refractivity contribution in [2.45, 2.75) is 39.7 Å². The van der Waals surface area contributed by atoms with Gasteiger partial charge in [-0.05, 0) is 79.3 Å². The van der Waals surface area contributed by atoms with Crippen LogP contribution in [0.1, 0.15) is 50.8 Å². The number of carbonyl (C=O) groups is 3. The van der Waals surface area contributed by atoms with E-state index in [0.717, 1.165) is 34.3 Å². The molecule has 2 N–H and O–H groups in total. The van der Waals surface area contributed by atoms with Crippen molar-refractivity contribution >= 4 is 34.9 Å². The number of anilines is 1. The summed E-state index contributed by atoms with van der Waals surface area (Å²) in [5, 5.41) is 12.3. The van der Waals surface area contributed by atoms with Crippen molar-refractivity contribution in [3.8, 4) is 5.75 Å². The summed E-state index contributed by atoms with van der Waals surface area (Å²) in [6, 6.07) is 25.6. The lowest BCUT2D eigenvalue weighted by atomic mass is 9.88. The monoisotopic (exact) mass is 613 g/mol. The second-order valence-electron chi connectivity index (χ2n) is 11.5. The maximum absolute atomic E-state index is 12.3. The minimum absolute atomic E-state index is 0.0801. The lowest BCUT2D eigenvalue weighted by Crippen LogP contribution is -2.33. The Balaban J connectivity index is 1.81. The van der Waals surface area contributed by atoms with Crippen LogP contribution in [0.3, 0.4) is 0 Å². The zero-order valence-corrected chi connectivity index (χ0v) is 26.9.